The highest BCUT2D eigenvalue weighted by Gasteiger charge is 2.28. The molecule has 0 heterocycles. The highest BCUT2D eigenvalue weighted by Crippen LogP contribution is 2.17. The van der Waals surface area contributed by atoms with Crippen molar-refractivity contribution in [1.82, 2.24) is 4.48 Å². The molecule has 19 heavy (non-hydrogen) atoms. The van der Waals surface area contributed by atoms with Crippen LogP contribution in [0.25, 0.3) is 0 Å². The Labute approximate surface area is 111 Å². The molecule has 1 unspecified atom stereocenters. The molecule has 0 fully saturated rings. The average molecular weight is 297 g/mol. The van der Waals surface area contributed by atoms with Gasteiger partial charge in [-0.25, -0.2) is 0 Å². The van der Waals surface area contributed by atoms with Crippen LogP contribution in [0.15, 0.2) is 24.3 Å². The van der Waals surface area contributed by atoms with Crippen molar-refractivity contribution in [2.24, 2.45) is 0 Å². The summed E-state index contributed by atoms with van der Waals surface area (Å²) in [4.78, 5) is 10.4. The summed E-state index contributed by atoms with van der Waals surface area (Å²) < 4.78 is 50.3. The van der Waals surface area contributed by atoms with E-state index in [0.29, 0.717) is 0 Å². The number of benzene rings is 1. The Morgan fingerprint density at radius 3 is 1.74 bits per heavy atom. The highest BCUT2D eigenvalue weighted by atomic mass is 32.2. The van der Waals surface area contributed by atoms with E-state index in [1.165, 1.54) is 5.69 Å². The van der Waals surface area contributed by atoms with Gasteiger partial charge >= 0.3 is 5.51 Å². The van der Waals surface area contributed by atoms with E-state index < -0.39 is 16.6 Å². The zero-order valence-electron chi connectivity index (χ0n) is 10.6. The molecule has 0 aromatic heterocycles. The topological polar surface area (TPSA) is 57.2 Å². The summed E-state index contributed by atoms with van der Waals surface area (Å²) >= 11 is -3.93. The number of nitrogens with zero attached hydrogens (tertiary/aromatic N) is 1. The summed E-state index contributed by atoms with van der Waals surface area (Å²) in [5.41, 5.74) is -3.16. The number of carbonyl (C=O) groups is 1. The molecular formula is C11H14F3NO3S. The SMILES string of the molecule is C[N+](C)(C)c1ccc(C=O)cc1.O=S([O-])C(F)(F)F. The van der Waals surface area contributed by atoms with Crippen molar-refractivity contribution >= 4 is 23.1 Å². The second-order valence-electron chi connectivity index (χ2n) is 4.40. The van der Waals surface area contributed by atoms with Gasteiger partial charge in [0.15, 0.2) is 0 Å². The summed E-state index contributed by atoms with van der Waals surface area (Å²) in [5.74, 6) is 0. The second kappa shape index (κ2) is 6.78. The van der Waals surface area contributed by atoms with E-state index in [-0.39, 0.29) is 0 Å². The van der Waals surface area contributed by atoms with Crippen molar-refractivity contribution < 1.29 is 26.7 Å². The van der Waals surface area contributed by atoms with Crippen molar-refractivity contribution in [2.75, 3.05) is 21.1 Å². The third kappa shape index (κ3) is 7.04. The molecule has 0 saturated heterocycles. The lowest BCUT2D eigenvalue weighted by molar-refractivity contribution is -0.0452. The number of carbonyl (C=O) groups excluding carboxylic acids is 1. The fourth-order valence-electron chi connectivity index (χ4n) is 1.00. The first-order chi connectivity index (χ1) is 8.48. The van der Waals surface area contributed by atoms with Crippen LogP contribution in [0.3, 0.4) is 0 Å². The molecule has 108 valence electrons. The maximum Gasteiger partial charge on any atom is 0.458 e. The van der Waals surface area contributed by atoms with Gasteiger partial charge in [0, 0.05) is 5.56 Å². The Bertz CT molecular complexity index is 438. The van der Waals surface area contributed by atoms with E-state index in [1.54, 1.807) is 0 Å². The van der Waals surface area contributed by atoms with Gasteiger partial charge in [-0.3, -0.25) is 13.5 Å². The van der Waals surface area contributed by atoms with Gasteiger partial charge < -0.3 is 4.55 Å². The molecule has 0 radical (unpaired) electrons. The minimum Gasteiger partial charge on any atom is -0.766 e. The van der Waals surface area contributed by atoms with Gasteiger partial charge in [0.1, 0.15) is 12.0 Å². The van der Waals surface area contributed by atoms with Gasteiger partial charge in [-0.2, -0.15) is 13.2 Å². The van der Waals surface area contributed by atoms with Crippen LogP contribution in [0, 0.1) is 0 Å². The van der Waals surface area contributed by atoms with Gasteiger partial charge in [0.2, 0.25) is 0 Å². The number of rotatable bonds is 2. The molecule has 0 saturated carbocycles. The summed E-state index contributed by atoms with van der Waals surface area (Å²) in [6.45, 7) is 0. The Morgan fingerprint density at radius 2 is 1.53 bits per heavy atom. The van der Waals surface area contributed by atoms with E-state index in [2.05, 4.69) is 21.1 Å². The van der Waals surface area contributed by atoms with Crippen molar-refractivity contribution in [1.29, 1.82) is 0 Å². The van der Waals surface area contributed by atoms with Crippen LogP contribution in [0.2, 0.25) is 0 Å². The normalized spacial score (nSPS) is 13.2. The van der Waals surface area contributed by atoms with Crippen LogP contribution in [-0.2, 0) is 11.1 Å². The van der Waals surface area contributed by atoms with Gasteiger partial charge in [-0.15, -0.1) is 0 Å². The average Bonchev–Trinajstić information content (AvgIpc) is 2.27. The van der Waals surface area contributed by atoms with E-state index in [4.69, 9.17) is 8.76 Å². The standard InChI is InChI=1S/C10H14NO.CHF3O2S/c1-11(2,3)10-6-4-9(8-12)5-7-10;2-1(3,4)7(5)6/h4-8H,1-3H3;(H,5,6)/q+1;/p-1. The molecule has 1 atom stereocenters. The highest BCUT2D eigenvalue weighted by molar-refractivity contribution is 7.80. The Hall–Kier alpha value is -1.25. The van der Waals surface area contributed by atoms with Crippen LogP contribution in [-0.4, -0.2) is 41.7 Å². The molecule has 0 aliphatic rings. The number of hydrogen-bond acceptors (Lipinski definition) is 3. The molecular weight excluding hydrogens is 283 g/mol. The van der Waals surface area contributed by atoms with Gasteiger partial charge in [0.25, 0.3) is 0 Å². The van der Waals surface area contributed by atoms with E-state index in [0.717, 1.165) is 16.3 Å². The van der Waals surface area contributed by atoms with E-state index in [9.17, 15) is 18.0 Å². The van der Waals surface area contributed by atoms with Crippen molar-refractivity contribution in [3.8, 4) is 0 Å². The van der Waals surface area contributed by atoms with Gasteiger partial charge in [0.05, 0.1) is 32.2 Å². The summed E-state index contributed by atoms with van der Waals surface area (Å²) in [6.07, 6.45) is 0.861. The maximum atomic E-state index is 10.6. The Balaban J connectivity index is 0.000000399. The van der Waals surface area contributed by atoms with Crippen LogP contribution in [0.1, 0.15) is 10.4 Å². The van der Waals surface area contributed by atoms with E-state index >= 15 is 0 Å². The monoisotopic (exact) mass is 297 g/mol. The zero-order valence-corrected chi connectivity index (χ0v) is 11.4. The molecule has 1 aromatic carbocycles. The van der Waals surface area contributed by atoms with E-state index in [1.807, 2.05) is 24.3 Å². The molecule has 1 rings (SSSR count). The first-order valence-electron chi connectivity index (χ1n) is 5.02. The number of aldehydes is 1. The first kappa shape index (κ1) is 17.8. The molecule has 8 heteroatoms. The molecule has 0 N–H and O–H groups in total. The third-order valence-corrected chi connectivity index (χ3v) is 2.37. The second-order valence-corrected chi connectivity index (χ2v) is 5.33. The summed E-state index contributed by atoms with van der Waals surface area (Å²) in [5, 5.41) is 0. The van der Waals surface area contributed by atoms with Gasteiger partial charge in [-0.1, -0.05) is 0 Å². The number of quaternary nitrogens is 1. The van der Waals surface area contributed by atoms with Crippen LogP contribution in [0.5, 0.6) is 0 Å². The Morgan fingerprint density at radius 1 is 1.16 bits per heavy atom. The fraction of sp³-hybridized carbons (Fsp3) is 0.364. The van der Waals surface area contributed by atoms with Crippen molar-refractivity contribution in [2.45, 2.75) is 5.51 Å². The molecule has 0 aliphatic carbocycles. The minimum atomic E-state index is -5.08. The zero-order chi connectivity index (χ0) is 15.3. The molecule has 0 spiro atoms. The molecule has 0 aliphatic heterocycles. The Kier molecular flexibility index (Phi) is 6.34. The minimum absolute atomic E-state index is 0.729. The molecule has 0 bridgehead atoms. The summed E-state index contributed by atoms with van der Waals surface area (Å²) in [6, 6.07) is 7.63. The van der Waals surface area contributed by atoms with Crippen LogP contribution in [0.4, 0.5) is 18.9 Å². The lowest BCUT2D eigenvalue weighted by Gasteiger charge is -2.23. The lowest BCUT2D eigenvalue weighted by atomic mass is 10.2. The molecule has 0 amide bonds. The lowest BCUT2D eigenvalue weighted by Crippen LogP contribution is -2.34. The fourth-order valence-corrected chi connectivity index (χ4v) is 1.00. The predicted molar refractivity (Wildman–Crippen MR) is 66.4 cm³/mol. The number of halogens is 3. The number of alkyl halides is 3. The van der Waals surface area contributed by atoms with Crippen LogP contribution < -0.4 is 4.48 Å². The van der Waals surface area contributed by atoms with Gasteiger partial charge in [-0.05, 0) is 24.3 Å². The van der Waals surface area contributed by atoms with Crippen molar-refractivity contribution in [3.63, 3.8) is 0 Å². The number of hydrogen-bond donors (Lipinski definition) is 0. The third-order valence-electron chi connectivity index (χ3n) is 1.99. The summed E-state index contributed by atoms with van der Waals surface area (Å²) in [7, 11) is 6.28. The van der Waals surface area contributed by atoms with Crippen molar-refractivity contribution in [3.05, 3.63) is 29.8 Å². The predicted octanol–water partition coefficient (Wildman–Crippen LogP) is 2.08. The first-order valence-corrected chi connectivity index (χ1v) is 6.09. The van der Waals surface area contributed by atoms with Crippen LogP contribution >= 0.6 is 0 Å². The molecule has 1 aromatic rings. The largest absolute Gasteiger partial charge is 0.766 e. The smallest absolute Gasteiger partial charge is 0.458 e. The quantitative estimate of drug-likeness (QED) is 0.477. The molecule has 4 nitrogen and oxygen atoms in total. The maximum absolute atomic E-state index is 10.6.